The molecule has 0 saturated carbocycles. The second-order valence-electron chi connectivity index (χ2n) is 9.08. The van der Waals surface area contributed by atoms with Crippen LogP contribution in [0.2, 0.25) is 18.1 Å². The quantitative estimate of drug-likeness (QED) is 0.142. The first kappa shape index (κ1) is 29.8. The highest BCUT2D eigenvalue weighted by Gasteiger charge is 2.36. The van der Waals surface area contributed by atoms with Crippen molar-refractivity contribution >= 4 is 51.7 Å². The molecule has 0 unspecified atom stereocenters. The van der Waals surface area contributed by atoms with E-state index in [1.165, 1.54) is 0 Å². The van der Waals surface area contributed by atoms with Gasteiger partial charge in [0.2, 0.25) is 0 Å². The van der Waals surface area contributed by atoms with Gasteiger partial charge >= 0.3 is 0 Å². The highest BCUT2D eigenvalue weighted by molar-refractivity contribution is 9.10. The second kappa shape index (κ2) is 14.2. The first-order valence-electron chi connectivity index (χ1n) is 10.9. The molecule has 0 fully saturated rings. The molecular weight excluding hydrogens is 568 g/mol. The zero-order chi connectivity index (χ0) is 25.1. The second-order valence-corrected chi connectivity index (χ2v) is 15.5. The SMILES string of the molecule is CC(C)(C)[Si](C)(C)OCCCC(=O)c1cccc(Br)n1.O=C(CCCO)c1cccc(Br)n1. The number of rotatable bonds is 10. The van der Waals surface area contributed by atoms with Crippen molar-refractivity contribution in [2.45, 2.75) is 64.6 Å². The Morgan fingerprint density at radius 2 is 1.36 bits per heavy atom. The Balaban J connectivity index is 0.000000361. The molecule has 182 valence electrons. The van der Waals surface area contributed by atoms with E-state index in [0.29, 0.717) is 46.5 Å². The third-order valence-electron chi connectivity index (χ3n) is 5.38. The highest BCUT2D eigenvalue weighted by Crippen LogP contribution is 2.36. The van der Waals surface area contributed by atoms with Gasteiger partial charge in [-0.05, 0) is 87.1 Å². The summed E-state index contributed by atoms with van der Waals surface area (Å²) in [5.74, 6) is 0.0421. The summed E-state index contributed by atoms with van der Waals surface area (Å²) in [5, 5.41) is 8.75. The van der Waals surface area contributed by atoms with E-state index >= 15 is 0 Å². The molecule has 0 aliphatic rings. The smallest absolute Gasteiger partial charge is 0.191 e. The average Bonchev–Trinajstić information content (AvgIpc) is 2.74. The molecule has 2 rings (SSSR count). The van der Waals surface area contributed by atoms with Crippen molar-refractivity contribution in [1.29, 1.82) is 0 Å². The van der Waals surface area contributed by atoms with E-state index in [1.54, 1.807) is 24.3 Å². The topological polar surface area (TPSA) is 89.4 Å². The van der Waals surface area contributed by atoms with Crippen LogP contribution in [-0.4, -0.2) is 48.2 Å². The minimum atomic E-state index is -1.70. The summed E-state index contributed by atoms with van der Waals surface area (Å²) in [6, 6.07) is 10.6. The number of halogens is 2. The minimum absolute atomic E-state index is 0.0321. The van der Waals surface area contributed by atoms with Crippen LogP contribution in [-0.2, 0) is 4.43 Å². The van der Waals surface area contributed by atoms with Gasteiger partial charge in [-0.25, -0.2) is 9.97 Å². The molecule has 0 aliphatic heterocycles. The van der Waals surface area contributed by atoms with Gasteiger partial charge in [0, 0.05) is 26.1 Å². The predicted molar refractivity (Wildman–Crippen MR) is 141 cm³/mol. The van der Waals surface area contributed by atoms with Crippen molar-refractivity contribution in [1.82, 2.24) is 9.97 Å². The van der Waals surface area contributed by atoms with Crippen molar-refractivity contribution < 1.29 is 19.1 Å². The summed E-state index contributed by atoms with van der Waals surface area (Å²) in [6.45, 7) is 11.8. The van der Waals surface area contributed by atoms with Crippen LogP contribution in [0, 0.1) is 0 Å². The zero-order valence-corrected chi connectivity index (χ0v) is 24.2. The lowest BCUT2D eigenvalue weighted by atomic mass is 10.1. The molecule has 33 heavy (non-hydrogen) atoms. The Bertz CT molecular complexity index is 917. The number of aromatic nitrogens is 2. The summed E-state index contributed by atoms with van der Waals surface area (Å²) in [7, 11) is -1.70. The van der Waals surface area contributed by atoms with E-state index in [9.17, 15) is 9.59 Å². The predicted octanol–water partition coefficient (Wildman–Crippen LogP) is 6.63. The standard InChI is InChI=1S/C15H24BrNO2Si.C9H10BrNO2/c1-15(2,3)20(4,5)19-11-7-9-13(18)12-8-6-10-14(16)17-12;10-9-5-1-3-7(11-9)8(13)4-2-6-12/h6,8,10H,7,9,11H2,1-5H3;1,3,5,12H,2,4,6H2. The molecule has 0 amide bonds. The molecular formula is C24H34Br2N2O4Si. The van der Waals surface area contributed by atoms with Gasteiger partial charge in [0.15, 0.2) is 19.9 Å². The van der Waals surface area contributed by atoms with Crippen molar-refractivity contribution in [3.8, 4) is 0 Å². The first-order valence-corrected chi connectivity index (χ1v) is 15.4. The van der Waals surface area contributed by atoms with Gasteiger partial charge in [0.1, 0.15) is 20.6 Å². The molecule has 1 N–H and O–H groups in total. The summed E-state index contributed by atoms with van der Waals surface area (Å²) in [5.41, 5.74) is 0.967. The number of carbonyl (C=O) groups excluding carboxylic acids is 2. The van der Waals surface area contributed by atoms with E-state index in [0.717, 1.165) is 6.42 Å². The van der Waals surface area contributed by atoms with E-state index in [1.807, 2.05) is 12.1 Å². The Morgan fingerprint density at radius 1 is 0.909 bits per heavy atom. The maximum absolute atomic E-state index is 12.0. The molecule has 9 heteroatoms. The maximum Gasteiger partial charge on any atom is 0.191 e. The Labute approximate surface area is 215 Å². The number of carbonyl (C=O) groups is 2. The van der Waals surface area contributed by atoms with Crippen LogP contribution >= 0.6 is 31.9 Å². The number of aliphatic hydroxyl groups excluding tert-OH is 1. The Kier molecular flexibility index (Phi) is 12.8. The lowest BCUT2D eigenvalue weighted by molar-refractivity contribution is 0.0959. The summed E-state index contributed by atoms with van der Waals surface area (Å²) < 4.78 is 7.41. The molecule has 0 bridgehead atoms. The fraction of sp³-hybridized carbons (Fsp3) is 0.500. The van der Waals surface area contributed by atoms with E-state index in [4.69, 9.17) is 9.53 Å². The van der Waals surface area contributed by atoms with Crippen molar-refractivity contribution in [2.24, 2.45) is 0 Å². The molecule has 6 nitrogen and oxygen atoms in total. The van der Waals surface area contributed by atoms with Gasteiger partial charge < -0.3 is 9.53 Å². The summed E-state index contributed by atoms with van der Waals surface area (Å²) >= 11 is 6.46. The molecule has 2 aromatic rings. The molecule has 0 radical (unpaired) electrons. The van der Waals surface area contributed by atoms with Crippen LogP contribution in [0.25, 0.3) is 0 Å². The lowest BCUT2D eigenvalue weighted by Gasteiger charge is -2.36. The van der Waals surface area contributed by atoms with Gasteiger partial charge in [-0.15, -0.1) is 0 Å². The van der Waals surface area contributed by atoms with Gasteiger partial charge in [-0.1, -0.05) is 32.9 Å². The fourth-order valence-corrected chi connectivity index (χ4v) is 4.17. The fourth-order valence-electron chi connectivity index (χ4n) is 2.40. The molecule has 2 heterocycles. The van der Waals surface area contributed by atoms with Crippen molar-refractivity contribution in [2.75, 3.05) is 13.2 Å². The van der Waals surface area contributed by atoms with Gasteiger partial charge in [-0.2, -0.15) is 0 Å². The third-order valence-corrected chi connectivity index (χ3v) is 10.8. The largest absolute Gasteiger partial charge is 0.417 e. The Hall–Kier alpha value is -1.26. The molecule has 0 aliphatic carbocycles. The molecule has 2 aromatic heterocycles. The number of hydrogen-bond acceptors (Lipinski definition) is 6. The molecule has 0 spiro atoms. The number of Topliss-reactive ketones (excluding diaryl/α,β-unsaturated/α-hetero) is 2. The molecule has 0 saturated heterocycles. The average molecular weight is 602 g/mol. The highest BCUT2D eigenvalue weighted by atomic mass is 79.9. The lowest BCUT2D eigenvalue weighted by Crippen LogP contribution is -2.41. The number of hydrogen-bond donors (Lipinski definition) is 1. The molecule has 0 aromatic carbocycles. The Morgan fingerprint density at radius 3 is 1.76 bits per heavy atom. The number of aliphatic hydroxyl groups is 1. The number of ketones is 2. The van der Waals surface area contributed by atoms with Crippen molar-refractivity contribution in [3.05, 3.63) is 57.0 Å². The van der Waals surface area contributed by atoms with Gasteiger partial charge in [-0.3, -0.25) is 9.59 Å². The first-order chi connectivity index (χ1) is 15.4. The van der Waals surface area contributed by atoms with Crippen molar-refractivity contribution in [3.63, 3.8) is 0 Å². The van der Waals surface area contributed by atoms with Gasteiger partial charge in [0.05, 0.1) is 0 Å². The zero-order valence-electron chi connectivity index (χ0n) is 20.0. The van der Waals surface area contributed by atoms with Crippen LogP contribution in [0.5, 0.6) is 0 Å². The van der Waals surface area contributed by atoms with Crippen LogP contribution in [0.1, 0.15) is 67.4 Å². The third kappa shape index (κ3) is 11.1. The van der Waals surface area contributed by atoms with E-state index in [-0.39, 0.29) is 23.2 Å². The van der Waals surface area contributed by atoms with Crippen LogP contribution in [0.15, 0.2) is 45.6 Å². The van der Waals surface area contributed by atoms with E-state index in [2.05, 4.69) is 75.7 Å². The van der Waals surface area contributed by atoms with E-state index < -0.39 is 8.32 Å². The van der Waals surface area contributed by atoms with Crippen LogP contribution in [0.3, 0.4) is 0 Å². The van der Waals surface area contributed by atoms with Crippen LogP contribution in [0.4, 0.5) is 0 Å². The normalized spacial score (nSPS) is 11.5. The number of nitrogens with zero attached hydrogens (tertiary/aromatic N) is 2. The number of pyridine rings is 2. The summed E-state index contributed by atoms with van der Waals surface area (Å²) in [4.78, 5) is 31.5. The summed E-state index contributed by atoms with van der Waals surface area (Å²) in [6.07, 6.45) is 2.07. The minimum Gasteiger partial charge on any atom is -0.417 e. The van der Waals surface area contributed by atoms with Gasteiger partial charge in [0.25, 0.3) is 0 Å². The monoisotopic (exact) mass is 600 g/mol. The molecule has 0 atom stereocenters. The maximum atomic E-state index is 12.0. The van der Waals surface area contributed by atoms with Crippen LogP contribution < -0.4 is 0 Å².